The molecule has 5 aliphatic carbocycles. The Morgan fingerprint density at radius 2 is 1.60 bits per heavy atom. The molecule has 0 radical (unpaired) electrons. The minimum absolute atomic E-state index is 0.0339. The van der Waals surface area contributed by atoms with E-state index < -0.39 is 21.0 Å². The molecular weight excluding hydrogens is 537 g/mol. The largest absolute Gasteiger partial charge is 0.534 e. The molecule has 0 aromatic rings. The van der Waals surface area contributed by atoms with Gasteiger partial charge >= 0.3 is 15.6 Å². The Bertz CT molecular complexity index is 1190. The van der Waals surface area contributed by atoms with Crippen molar-refractivity contribution in [3.05, 3.63) is 11.8 Å². The van der Waals surface area contributed by atoms with E-state index in [2.05, 4.69) is 34.6 Å². The third kappa shape index (κ3) is 3.68. The molecule has 1 heterocycles. The van der Waals surface area contributed by atoms with Gasteiger partial charge in [-0.05, 0) is 116 Å². The first-order chi connectivity index (χ1) is 18.4. The second-order valence-corrected chi connectivity index (χ2v) is 17.7. The van der Waals surface area contributed by atoms with Crippen molar-refractivity contribution in [2.75, 3.05) is 6.61 Å². The minimum Gasteiger partial charge on any atom is -0.380 e. The monoisotopic (exact) mass is 586 g/mol. The first-order valence-corrected chi connectivity index (χ1v) is 17.1. The van der Waals surface area contributed by atoms with Crippen LogP contribution in [0.3, 0.4) is 0 Å². The van der Waals surface area contributed by atoms with Gasteiger partial charge in [-0.2, -0.15) is 21.6 Å². The number of rotatable bonds is 4. The summed E-state index contributed by atoms with van der Waals surface area (Å²) < 4.78 is 74.5. The second kappa shape index (κ2) is 8.66. The lowest BCUT2D eigenvalue weighted by Crippen LogP contribution is -2.66. The topological polar surface area (TPSA) is 55.9 Å². The van der Waals surface area contributed by atoms with E-state index in [0.29, 0.717) is 41.6 Å². The van der Waals surface area contributed by atoms with Gasteiger partial charge in [0.05, 0.1) is 12.7 Å². The van der Waals surface area contributed by atoms with E-state index in [-0.39, 0.29) is 27.9 Å². The number of fused-ring (bicyclic) bond motifs is 7. The van der Waals surface area contributed by atoms with Crippen molar-refractivity contribution in [1.82, 2.24) is 0 Å². The molecule has 5 fully saturated rings. The molecule has 228 valence electrons. The highest BCUT2D eigenvalue weighted by Gasteiger charge is 2.72. The molecular formula is C32H49F3O4S. The molecule has 6 rings (SSSR count). The Hall–Kier alpha value is -0.760. The fourth-order valence-corrected chi connectivity index (χ4v) is 12.9. The molecule has 1 unspecified atom stereocenters. The number of allylic oxidation sites excluding steroid dienone is 2. The maximum Gasteiger partial charge on any atom is 0.534 e. The highest BCUT2D eigenvalue weighted by molar-refractivity contribution is 7.87. The standard InChI is InChI=1S/C32H49F3O4S/c1-19(2)20-10-15-31(25-18-38-25)17-16-29(6)21(26(20)31)8-9-23-28(5)13-12-24(39-40(36,37)32(33,34)35)27(3,4)22(28)11-14-30(23,29)7/h12,19-23,25-26H,8-11,13-18H2,1-7H3/t20-,21+,22-,23+,25?,26+,28-,29+,30+,31+/m0/s1. The molecule has 0 amide bonds. The lowest BCUT2D eigenvalue weighted by atomic mass is 9.32. The van der Waals surface area contributed by atoms with Crippen LogP contribution in [0.4, 0.5) is 13.2 Å². The number of alkyl halides is 3. The molecule has 0 aromatic heterocycles. The highest BCUT2D eigenvalue weighted by atomic mass is 32.2. The summed E-state index contributed by atoms with van der Waals surface area (Å²) in [5.74, 6) is 3.24. The SMILES string of the molecule is CC(C)[C@@H]1CC[C@]2(C3CO3)CC[C@]3(C)[C@H](CC[C@@H]4[C@@]5(C)CC=C(OS(=O)(=O)C(F)(F)F)C(C)(C)[C@@H]5CC[C@]43C)[C@@H]12. The second-order valence-electron chi connectivity index (χ2n) is 16.2. The summed E-state index contributed by atoms with van der Waals surface area (Å²) in [4.78, 5) is 0. The van der Waals surface area contributed by atoms with E-state index >= 15 is 0 Å². The molecule has 0 N–H and O–H groups in total. The average Bonchev–Trinajstić information content (AvgIpc) is 3.61. The number of epoxide rings is 1. The quantitative estimate of drug-likeness (QED) is 0.188. The van der Waals surface area contributed by atoms with Crippen molar-refractivity contribution in [3.63, 3.8) is 0 Å². The number of ether oxygens (including phenoxy) is 1. The van der Waals surface area contributed by atoms with Crippen molar-refractivity contribution in [1.29, 1.82) is 0 Å². The van der Waals surface area contributed by atoms with Gasteiger partial charge in [0, 0.05) is 10.8 Å². The van der Waals surface area contributed by atoms with Gasteiger partial charge in [-0.15, -0.1) is 0 Å². The van der Waals surface area contributed by atoms with Gasteiger partial charge in [0.2, 0.25) is 0 Å². The summed E-state index contributed by atoms with van der Waals surface area (Å²) in [7, 11) is -5.69. The number of hydrogen-bond donors (Lipinski definition) is 0. The Balaban J connectivity index is 1.35. The Kier molecular flexibility index (Phi) is 6.35. The van der Waals surface area contributed by atoms with Crippen LogP contribution in [0.2, 0.25) is 0 Å². The predicted molar refractivity (Wildman–Crippen MR) is 148 cm³/mol. The van der Waals surface area contributed by atoms with E-state index in [0.717, 1.165) is 31.8 Å². The third-order valence-corrected chi connectivity index (χ3v) is 15.3. The van der Waals surface area contributed by atoms with Crippen LogP contribution in [-0.4, -0.2) is 26.6 Å². The lowest BCUT2D eigenvalue weighted by Gasteiger charge is -2.72. The number of hydrogen-bond acceptors (Lipinski definition) is 4. The van der Waals surface area contributed by atoms with Crippen LogP contribution in [0.5, 0.6) is 0 Å². The van der Waals surface area contributed by atoms with Crippen LogP contribution in [0.15, 0.2) is 11.8 Å². The normalized spacial score (nSPS) is 49.8. The maximum atomic E-state index is 13.2. The Morgan fingerprint density at radius 3 is 2.20 bits per heavy atom. The summed E-state index contributed by atoms with van der Waals surface area (Å²) in [5.41, 5.74) is -5.69. The van der Waals surface area contributed by atoms with Gasteiger partial charge < -0.3 is 8.92 Å². The molecule has 4 nitrogen and oxygen atoms in total. The van der Waals surface area contributed by atoms with Gasteiger partial charge in [-0.3, -0.25) is 0 Å². The lowest BCUT2D eigenvalue weighted by molar-refractivity contribution is -0.232. The zero-order chi connectivity index (χ0) is 29.3. The Labute approximate surface area is 239 Å². The minimum atomic E-state index is -5.69. The molecule has 0 bridgehead atoms. The van der Waals surface area contributed by atoms with Crippen LogP contribution >= 0.6 is 0 Å². The van der Waals surface area contributed by atoms with Gasteiger partial charge in [-0.1, -0.05) is 48.5 Å². The third-order valence-electron chi connectivity index (χ3n) is 14.4. The molecule has 40 heavy (non-hydrogen) atoms. The molecule has 8 heteroatoms. The van der Waals surface area contributed by atoms with E-state index in [1.165, 1.54) is 32.1 Å². The van der Waals surface area contributed by atoms with E-state index in [1.807, 2.05) is 13.8 Å². The van der Waals surface area contributed by atoms with Gasteiger partial charge in [0.25, 0.3) is 0 Å². The fourth-order valence-electron chi connectivity index (χ4n) is 12.3. The van der Waals surface area contributed by atoms with Crippen LogP contribution in [-0.2, 0) is 19.0 Å². The molecule has 1 saturated heterocycles. The highest BCUT2D eigenvalue weighted by Crippen LogP contribution is 2.78. The average molecular weight is 587 g/mol. The van der Waals surface area contributed by atoms with E-state index in [4.69, 9.17) is 8.92 Å². The van der Waals surface area contributed by atoms with Crippen LogP contribution in [0, 0.1) is 62.6 Å². The molecule has 0 aromatic carbocycles. The number of halogens is 3. The smallest absolute Gasteiger partial charge is 0.380 e. The molecule has 0 spiro atoms. The molecule has 4 saturated carbocycles. The van der Waals surface area contributed by atoms with Crippen molar-refractivity contribution in [3.8, 4) is 0 Å². The van der Waals surface area contributed by atoms with Crippen LogP contribution in [0.1, 0.15) is 106 Å². The van der Waals surface area contributed by atoms with Crippen molar-refractivity contribution in [2.24, 2.45) is 62.6 Å². The van der Waals surface area contributed by atoms with Gasteiger partial charge in [0.1, 0.15) is 5.76 Å². The first kappa shape index (κ1) is 29.3. The predicted octanol–water partition coefficient (Wildman–Crippen LogP) is 8.48. The van der Waals surface area contributed by atoms with Crippen molar-refractivity contribution in [2.45, 2.75) is 118 Å². The fraction of sp³-hybridized carbons (Fsp3) is 0.938. The van der Waals surface area contributed by atoms with Gasteiger partial charge in [0.15, 0.2) is 0 Å². The van der Waals surface area contributed by atoms with E-state index in [9.17, 15) is 21.6 Å². The van der Waals surface area contributed by atoms with Crippen molar-refractivity contribution >= 4 is 10.1 Å². The van der Waals surface area contributed by atoms with Crippen molar-refractivity contribution < 1.29 is 30.5 Å². The van der Waals surface area contributed by atoms with Crippen LogP contribution < -0.4 is 0 Å². The summed E-state index contributed by atoms with van der Waals surface area (Å²) in [6.45, 7) is 17.0. The zero-order valence-electron chi connectivity index (χ0n) is 25.4. The summed E-state index contributed by atoms with van der Waals surface area (Å²) >= 11 is 0. The summed E-state index contributed by atoms with van der Waals surface area (Å²) in [5, 5.41) is 0. The first-order valence-electron chi connectivity index (χ1n) is 15.7. The van der Waals surface area contributed by atoms with Crippen LogP contribution in [0.25, 0.3) is 0 Å². The molecule has 10 atom stereocenters. The van der Waals surface area contributed by atoms with Gasteiger partial charge in [-0.25, -0.2) is 0 Å². The zero-order valence-corrected chi connectivity index (χ0v) is 26.2. The maximum absolute atomic E-state index is 13.2. The summed E-state index contributed by atoms with van der Waals surface area (Å²) in [6.07, 6.45) is 12.0. The summed E-state index contributed by atoms with van der Waals surface area (Å²) in [6, 6.07) is 0. The molecule has 6 aliphatic rings. The van der Waals surface area contributed by atoms with E-state index in [1.54, 1.807) is 6.08 Å². The molecule has 1 aliphatic heterocycles. The Morgan fingerprint density at radius 1 is 0.925 bits per heavy atom.